The Morgan fingerprint density at radius 1 is 1.33 bits per heavy atom. The van der Waals surface area contributed by atoms with Gasteiger partial charge in [-0.2, -0.15) is 11.8 Å². The lowest BCUT2D eigenvalue weighted by Crippen LogP contribution is -2.57. The summed E-state index contributed by atoms with van der Waals surface area (Å²) in [7, 11) is 0. The molecule has 0 bridgehead atoms. The fourth-order valence-electron chi connectivity index (χ4n) is 2.34. The van der Waals surface area contributed by atoms with Crippen LogP contribution in [-0.2, 0) is 11.2 Å². The predicted octanol–water partition coefficient (Wildman–Crippen LogP) is 1.70. The molecule has 1 aromatic carbocycles. The van der Waals surface area contributed by atoms with Crippen LogP contribution in [0, 0.1) is 0 Å². The Morgan fingerprint density at radius 2 is 2.00 bits per heavy atom. The van der Waals surface area contributed by atoms with Crippen LogP contribution < -0.4 is 11.5 Å². The molecule has 1 amide bonds. The van der Waals surface area contributed by atoms with E-state index in [9.17, 15) is 9.90 Å². The van der Waals surface area contributed by atoms with Gasteiger partial charge in [0.15, 0.2) is 5.60 Å². The maximum Gasteiger partial charge on any atom is 0.251 e. The summed E-state index contributed by atoms with van der Waals surface area (Å²) in [4.78, 5) is 11.6. The van der Waals surface area contributed by atoms with E-state index in [0.29, 0.717) is 12.8 Å². The summed E-state index contributed by atoms with van der Waals surface area (Å²) < 4.78 is 0. The zero-order chi connectivity index (χ0) is 15.7. The first-order valence-corrected chi connectivity index (χ1v) is 8.71. The molecule has 0 radical (unpaired) electrons. The second-order valence-electron chi connectivity index (χ2n) is 5.37. The molecule has 0 aliphatic rings. The van der Waals surface area contributed by atoms with Gasteiger partial charge < -0.3 is 16.6 Å². The van der Waals surface area contributed by atoms with Crippen molar-refractivity contribution in [3.8, 4) is 0 Å². The van der Waals surface area contributed by atoms with E-state index in [-0.39, 0.29) is 0 Å². The van der Waals surface area contributed by atoms with Crippen molar-refractivity contribution in [3.63, 3.8) is 0 Å². The molecule has 5 heteroatoms. The Kier molecular flexibility index (Phi) is 7.78. The molecule has 0 spiro atoms. The van der Waals surface area contributed by atoms with E-state index in [1.165, 1.54) is 5.56 Å². The molecule has 21 heavy (non-hydrogen) atoms. The minimum absolute atomic E-state index is 0.324. The molecule has 118 valence electrons. The van der Waals surface area contributed by atoms with Crippen LogP contribution in [0.4, 0.5) is 0 Å². The van der Waals surface area contributed by atoms with Crippen molar-refractivity contribution in [1.29, 1.82) is 0 Å². The van der Waals surface area contributed by atoms with Gasteiger partial charge in [-0.1, -0.05) is 30.3 Å². The molecule has 0 aliphatic heterocycles. The molecule has 2 unspecified atom stereocenters. The minimum Gasteiger partial charge on any atom is -0.378 e. The summed E-state index contributed by atoms with van der Waals surface area (Å²) in [5.41, 5.74) is 11.0. The molecule has 4 nitrogen and oxygen atoms in total. The third-order valence-electron chi connectivity index (χ3n) is 3.79. The Bertz CT molecular complexity index is 428. The second-order valence-corrected chi connectivity index (χ2v) is 6.35. The number of carbonyl (C=O) groups excluding carboxylic acids is 1. The van der Waals surface area contributed by atoms with Crippen molar-refractivity contribution in [3.05, 3.63) is 35.9 Å². The molecule has 1 rings (SSSR count). The van der Waals surface area contributed by atoms with E-state index in [1.807, 2.05) is 24.5 Å². The highest BCUT2D eigenvalue weighted by Crippen LogP contribution is 2.21. The Labute approximate surface area is 131 Å². The van der Waals surface area contributed by atoms with Crippen molar-refractivity contribution in [2.75, 3.05) is 12.0 Å². The van der Waals surface area contributed by atoms with E-state index in [1.54, 1.807) is 11.8 Å². The maximum absolute atomic E-state index is 11.6. The molecule has 0 saturated carbocycles. The van der Waals surface area contributed by atoms with Gasteiger partial charge in [-0.05, 0) is 49.7 Å². The Hall–Kier alpha value is -1.04. The number of primary amides is 1. The molecule has 0 aromatic heterocycles. The van der Waals surface area contributed by atoms with Gasteiger partial charge in [-0.15, -0.1) is 0 Å². The van der Waals surface area contributed by atoms with Crippen LogP contribution in [0.1, 0.15) is 31.2 Å². The number of aryl methyl sites for hydroxylation is 1. The SMILES string of the molecule is CSCCC(N)C(O)(CCCCc1ccccc1)C(N)=O. The average molecular weight is 310 g/mol. The van der Waals surface area contributed by atoms with Gasteiger partial charge in [0.05, 0.1) is 0 Å². The standard InChI is InChI=1S/C16H26N2O2S/c1-21-12-10-14(17)16(20,15(18)19)11-6-5-9-13-7-3-2-4-8-13/h2-4,7-8,14,20H,5-6,9-12,17H2,1H3,(H2,18,19). The van der Waals surface area contributed by atoms with Crippen LogP contribution >= 0.6 is 11.8 Å². The molecular formula is C16H26N2O2S. The average Bonchev–Trinajstić information content (AvgIpc) is 2.49. The topological polar surface area (TPSA) is 89.3 Å². The summed E-state index contributed by atoms with van der Waals surface area (Å²) in [5, 5.41) is 10.5. The first kappa shape index (κ1) is 18.0. The van der Waals surface area contributed by atoms with Crippen molar-refractivity contribution >= 4 is 17.7 Å². The van der Waals surface area contributed by atoms with Crippen LogP contribution in [0.5, 0.6) is 0 Å². The first-order valence-electron chi connectivity index (χ1n) is 7.31. The Morgan fingerprint density at radius 3 is 2.57 bits per heavy atom. The number of rotatable bonds is 10. The third kappa shape index (κ3) is 5.69. The van der Waals surface area contributed by atoms with E-state index >= 15 is 0 Å². The molecular weight excluding hydrogens is 284 g/mol. The van der Waals surface area contributed by atoms with Gasteiger partial charge in [0, 0.05) is 6.04 Å². The highest BCUT2D eigenvalue weighted by molar-refractivity contribution is 7.98. The zero-order valence-electron chi connectivity index (χ0n) is 12.6. The van der Waals surface area contributed by atoms with E-state index < -0.39 is 17.6 Å². The van der Waals surface area contributed by atoms with Crippen molar-refractivity contribution in [2.45, 2.75) is 43.7 Å². The Balaban J connectivity index is 2.45. The molecule has 5 N–H and O–H groups in total. The van der Waals surface area contributed by atoms with Crippen LogP contribution in [0.15, 0.2) is 30.3 Å². The second kappa shape index (κ2) is 9.07. The number of carbonyl (C=O) groups is 1. The monoisotopic (exact) mass is 310 g/mol. The fraction of sp³-hybridized carbons (Fsp3) is 0.562. The number of thioether (sulfide) groups is 1. The largest absolute Gasteiger partial charge is 0.378 e. The summed E-state index contributed by atoms with van der Waals surface area (Å²) >= 11 is 1.64. The molecule has 0 heterocycles. The van der Waals surface area contributed by atoms with Crippen LogP contribution in [0.3, 0.4) is 0 Å². The normalized spacial score (nSPS) is 15.4. The lowest BCUT2D eigenvalue weighted by atomic mass is 9.86. The number of amides is 1. The first-order chi connectivity index (χ1) is 10.0. The highest BCUT2D eigenvalue weighted by Gasteiger charge is 2.39. The predicted molar refractivity (Wildman–Crippen MR) is 89.1 cm³/mol. The number of aliphatic hydroxyl groups is 1. The van der Waals surface area contributed by atoms with E-state index in [4.69, 9.17) is 11.5 Å². The lowest BCUT2D eigenvalue weighted by molar-refractivity contribution is -0.139. The molecule has 0 aliphatic carbocycles. The van der Waals surface area contributed by atoms with Crippen molar-refractivity contribution < 1.29 is 9.90 Å². The smallest absolute Gasteiger partial charge is 0.251 e. The van der Waals surface area contributed by atoms with Crippen molar-refractivity contribution in [1.82, 2.24) is 0 Å². The van der Waals surface area contributed by atoms with E-state index in [0.717, 1.165) is 25.0 Å². The highest BCUT2D eigenvalue weighted by atomic mass is 32.2. The number of unbranched alkanes of at least 4 members (excludes halogenated alkanes) is 1. The van der Waals surface area contributed by atoms with Crippen LogP contribution in [0.2, 0.25) is 0 Å². The number of nitrogens with two attached hydrogens (primary N) is 2. The zero-order valence-corrected chi connectivity index (χ0v) is 13.4. The number of hydrogen-bond donors (Lipinski definition) is 3. The summed E-state index contributed by atoms with van der Waals surface area (Å²) in [6, 6.07) is 9.55. The summed E-state index contributed by atoms with van der Waals surface area (Å²) in [6.07, 6.45) is 5.42. The van der Waals surface area contributed by atoms with E-state index in [2.05, 4.69) is 12.1 Å². The van der Waals surface area contributed by atoms with Gasteiger partial charge in [0.2, 0.25) is 0 Å². The summed E-state index contributed by atoms with van der Waals surface area (Å²) in [5.74, 6) is 0.0941. The van der Waals surface area contributed by atoms with Gasteiger partial charge in [-0.25, -0.2) is 0 Å². The van der Waals surface area contributed by atoms with Crippen molar-refractivity contribution in [2.24, 2.45) is 11.5 Å². The molecule has 0 fully saturated rings. The third-order valence-corrected chi connectivity index (χ3v) is 4.43. The quantitative estimate of drug-likeness (QED) is 0.574. The summed E-state index contributed by atoms with van der Waals surface area (Å²) in [6.45, 7) is 0. The van der Waals surface area contributed by atoms with Crippen LogP contribution in [-0.4, -0.2) is 34.7 Å². The molecule has 0 saturated heterocycles. The van der Waals surface area contributed by atoms with Gasteiger partial charge in [0.1, 0.15) is 0 Å². The number of hydrogen-bond acceptors (Lipinski definition) is 4. The fourth-order valence-corrected chi connectivity index (χ4v) is 2.83. The molecule has 2 atom stereocenters. The minimum atomic E-state index is -1.59. The van der Waals surface area contributed by atoms with Gasteiger partial charge in [-0.3, -0.25) is 4.79 Å². The maximum atomic E-state index is 11.6. The lowest BCUT2D eigenvalue weighted by Gasteiger charge is -2.31. The number of benzene rings is 1. The van der Waals surface area contributed by atoms with Crippen LogP contribution in [0.25, 0.3) is 0 Å². The van der Waals surface area contributed by atoms with Gasteiger partial charge in [0.25, 0.3) is 5.91 Å². The molecule has 1 aromatic rings. The van der Waals surface area contributed by atoms with Gasteiger partial charge >= 0.3 is 0 Å².